The predicted octanol–water partition coefficient (Wildman–Crippen LogP) is 2.81. The third-order valence-electron chi connectivity index (χ3n) is 6.20. The van der Waals surface area contributed by atoms with E-state index in [9.17, 15) is 0 Å². The molecule has 1 aromatic heterocycles. The highest BCUT2D eigenvalue weighted by atomic mass is 16.5. The van der Waals surface area contributed by atoms with Crippen LogP contribution >= 0.6 is 0 Å². The van der Waals surface area contributed by atoms with Crippen molar-refractivity contribution in [2.45, 2.75) is 57.9 Å². The van der Waals surface area contributed by atoms with Gasteiger partial charge in [0, 0.05) is 19.0 Å². The maximum absolute atomic E-state index is 5.06. The first-order chi connectivity index (χ1) is 9.73. The summed E-state index contributed by atoms with van der Waals surface area (Å²) in [5, 5.41) is 7.41. The summed E-state index contributed by atoms with van der Waals surface area (Å²) in [4.78, 5) is 4.09. The van der Waals surface area contributed by atoms with Gasteiger partial charge >= 0.3 is 0 Å². The van der Waals surface area contributed by atoms with E-state index >= 15 is 0 Å². The molecule has 0 spiro atoms. The Kier molecular flexibility index (Phi) is 3.09. The van der Waals surface area contributed by atoms with E-state index in [1.807, 2.05) is 0 Å². The molecule has 1 atom stereocenters. The maximum Gasteiger partial charge on any atom is 0.227 e. The van der Waals surface area contributed by atoms with Gasteiger partial charge in [0.05, 0.1) is 0 Å². The Labute approximate surface area is 120 Å². The summed E-state index contributed by atoms with van der Waals surface area (Å²) in [6.45, 7) is 3.35. The molecule has 20 heavy (non-hydrogen) atoms. The van der Waals surface area contributed by atoms with Crippen molar-refractivity contribution >= 4 is 0 Å². The van der Waals surface area contributed by atoms with Gasteiger partial charge in [-0.25, -0.2) is 0 Å². The van der Waals surface area contributed by atoms with E-state index in [0.717, 1.165) is 36.6 Å². The molecule has 5 rings (SSSR count). The van der Waals surface area contributed by atoms with E-state index in [0.29, 0.717) is 11.5 Å². The highest BCUT2D eigenvalue weighted by molar-refractivity contribution is 5.05. The smallest absolute Gasteiger partial charge is 0.227 e. The third kappa shape index (κ3) is 2.18. The Morgan fingerprint density at radius 1 is 1.25 bits per heavy atom. The SMILES string of the molecule is CC(NCCc1ncno1)C12CC3CC(CC(C3)C1)C2. The van der Waals surface area contributed by atoms with Crippen LogP contribution in [0.1, 0.15) is 51.3 Å². The lowest BCUT2D eigenvalue weighted by Gasteiger charge is -2.59. The molecule has 0 saturated heterocycles. The van der Waals surface area contributed by atoms with Gasteiger partial charge in [-0.1, -0.05) is 5.16 Å². The third-order valence-corrected chi connectivity index (χ3v) is 6.20. The molecule has 4 bridgehead atoms. The maximum atomic E-state index is 5.06. The van der Waals surface area contributed by atoms with E-state index in [2.05, 4.69) is 22.4 Å². The fraction of sp³-hybridized carbons (Fsp3) is 0.875. The molecule has 1 heterocycles. The lowest BCUT2D eigenvalue weighted by Crippen LogP contribution is -2.55. The minimum absolute atomic E-state index is 0.587. The van der Waals surface area contributed by atoms with Gasteiger partial charge in [-0.05, 0) is 68.6 Å². The first-order valence-corrected chi connectivity index (χ1v) is 8.22. The first-order valence-electron chi connectivity index (χ1n) is 8.22. The molecule has 4 fully saturated rings. The van der Waals surface area contributed by atoms with Crippen molar-refractivity contribution in [3.63, 3.8) is 0 Å². The molecule has 4 heteroatoms. The zero-order valence-electron chi connectivity index (χ0n) is 12.3. The van der Waals surface area contributed by atoms with E-state index in [1.165, 1.54) is 44.9 Å². The summed E-state index contributed by atoms with van der Waals surface area (Å²) in [5.41, 5.74) is 0.587. The summed E-state index contributed by atoms with van der Waals surface area (Å²) in [6.07, 6.45) is 11.3. The summed E-state index contributed by atoms with van der Waals surface area (Å²) in [7, 11) is 0. The molecule has 0 aromatic carbocycles. The summed E-state index contributed by atoms with van der Waals surface area (Å²) in [5.74, 6) is 3.83. The number of nitrogens with one attached hydrogen (secondary N) is 1. The molecular formula is C16H25N3O. The fourth-order valence-corrected chi connectivity index (χ4v) is 5.63. The van der Waals surface area contributed by atoms with Crippen LogP contribution in [-0.4, -0.2) is 22.7 Å². The van der Waals surface area contributed by atoms with Crippen molar-refractivity contribution in [1.29, 1.82) is 0 Å². The summed E-state index contributed by atoms with van der Waals surface area (Å²) >= 11 is 0. The van der Waals surface area contributed by atoms with Gasteiger partial charge in [-0.15, -0.1) is 0 Å². The largest absolute Gasteiger partial charge is 0.340 e. The van der Waals surface area contributed by atoms with Gasteiger partial charge in [-0.3, -0.25) is 0 Å². The van der Waals surface area contributed by atoms with Crippen LogP contribution in [0.15, 0.2) is 10.9 Å². The normalized spacial score (nSPS) is 40.1. The second-order valence-electron chi connectivity index (χ2n) is 7.54. The molecule has 4 saturated carbocycles. The van der Waals surface area contributed by atoms with E-state index in [-0.39, 0.29) is 0 Å². The number of rotatable bonds is 5. The van der Waals surface area contributed by atoms with Crippen molar-refractivity contribution in [2.24, 2.45) is 23.2 Å². The van der Waals surface area contributed by atoms with Crippen LogP contribution in [-0.2, 0) is 6.42 Å². The minimum atomic E-state index is 0.587. The number of nitrogens with zero attached hydrogens (tertiary/aromatic N) is 2. The molecule has 0 aliphatic heterocycles. The van der Waals surface area contributed by atoms with Crippen LogP contribution < -0.4 is 5.32 Å². The van der Waals surface area contributed by atoms with Crippen molar-refractivity contribution in [3.05, 3.63) is 12.2 Å². The van der Waals surface area contributed by atoms with Crippen LogP contribution in [0.25, 0.3) is 0 Å². The lowest BCUT2D eigenvalue weighted by atomic mass is 9.48. The Hall–Kier alpha value is -0.900. The van der Waals surface area contributed by atoms with Crippen molar-refractivity contribution < 1.29 is 4.52 Å². The molecule has 4 aliphatic carbocycles. The molecule has 4 aliphatic rings. The molecule has 1 aromatic rings. The van der Waals surface area contributed by atoms with Gasteiger partial charge in [-0.2, -0.15) is 4.98 Å². The van der Waals surface area contributed by atoms with Crippen molar-refractivity contribution in [3.8, 4) is 0 Å². The zero-order chi connectivity index (χ0) is 13.6. The van der Waals surface area contributed by atoms with Crippen LogP contribution in [0.4, 0.5) is 0 Å². The molecule has 1 N–H and O–H groups in total. The first kappa shape index (κ1) is 12.8. The zero-order valence-corrected chi connectivity index (χ0v) is 12.3. The summed E-state index contributed by atoms with van der Waals surface area (Å²) < 4.78 is 5.06. The van der Waals surface area contributed by atoms with E-state index < -0.39 is 0 Å². The molecular weight excluding hydrogens is 250 g/mol. The molecule has 4 nitrogen and oxygen atoms in total. The average Bonchev–Trinajstić information content (AvgIpc) is 2.90. The van der Waals surface area contributed by atoms with Gasteiger partial charge in [0.15, 0.2) is 6.33 Å². The van der Waals surface area contributed by atoms with Gasteiger partial charge in [0.25, 0.3) is 0 Å². The number of hydrogen-bond donors (Lipinski definition) is 1. The highest BCUT2D eigenvalue weighted by Gasteiger charge is 2.52. The second-order valence-corrected chi connectivity index (χ2v) is 7.54. The Balaban J connectivity index is 1.37. The number of hydrogen-bond acceptors (Lipinski definition) is 4. The Bertz CT molecular complexity index is 421. The Morgan fingerprint density at radius 3 is 2.45 bits per heavy atom. The number of aromatic nitrogens is 2. The van der Waals surface area contributed by atoms with Crippen molar-refractivity contribution in [1.82, 2.24) is 15.5 Å². The van der Waals surface area contributed by atoms with Crippen LogP contribution in [0, 0.1) is 23.2 Å². The summed E-state index contributed by atoms with van der Waals surface area (Å²) in [6, 6.07) is 0.624. The standard InChI is InChI=1S/C16H25N3O/c1-11(17-3-2-15-18-10-19-20-15)16-7-12-4-13(8-16)6-14(5-12)9-16/h10-14,17H,2-9H2,1H3. The minimum Gasteiger partial charge on any atom is -0.340 e. The predicted molar refractivity (Wildman–Crippen MR) is 76.1 cm³/mol. The van der Waals surface area contributed by atoms with Crippen molar-refractivity contribution in [2.75, 3.05) is 6.54 Å². The topological polar surface area (TPSA) is 51.0 Å². The Morgan fingerprint density at radius 2 is 1.90 bits per heavy atom. The van der Waals surface area contributed by atoms with Crippen LogP contribution in [0.2, 0.25) is 0 Å². The van der Waals surface area contributed by atoms with Crippen LogP contribution in [0.5, 0.6) is 0 Å². The fourth-order valence-electron chi connectivity index (χ4n) is 5.63. The van der Waals surface area contributed by atoms with Crippen LogP contribution in [0.3, 0.4) is 0 Å². The highest BCUT2D eigenvalue weighted by Crippen LogP contribution is 2.61. The monoisotopic (exact) mass is 275 g/mol. The quantitative estimate of drug-likeness (QED) is 0.897. The van der Waals surface area contributed by atoms with Gasteiger partial charge in [0.2, 0.25) is 5.89 Å². The molecule has 0 radical (unpaired) electrons. The second kappa shape index (κ2) is 4.83. The van der Waals surface area contributed by atoms with E-state index in [1.54, 1.807) is 0 Å². The average molecular weight is 275 g/mol. The van der Waals surface area contributed by atoms with E-state index in [4.69, 9.17) is 4.52 Å². The molecule has 1 unspecified atom stereocenters. The van der Waals surface area contributed by atoms with Gasteiger partial charge in [0.1, 0.15) is 0 Å². The lowest BCUT2D eigenvalue weighted by molar-refractivity contribution is -0.0702. The molecule has 110 valence electrons. The van der Waals surface area contributed by atoms with Gasteiger partial charge < -0.3 is 9.84 Å². The molecule has 0 amide bonds.